The highest BCUT2D eigenvalue weighted by Crippen LogP contribution is 2.23. The molecule has 0 saturated carbocycles. The molecule has 0 fully saturated rings. The summed E-state index contributed by atoms with van der Waals surface area (Å²) in [6.45, 7) is 4.49. The molecule has 0 aliphatic rings. The van der Waals surface area contributed by atoms with Crippen LogP contribution in [0, 0.1) is 5.92 Å². The average Bonchev–Trinajstić information content (AvgIpc) is 2.51. The fraction of sp³-hybridized carbons (Fsp3) is 0.529. The highest BCUT2D eigenvalue weighted by molar-refractivity contribution is 9.10. The smallest absolute Gasteiger partial charge is 0.306 e. The van der Waals surface area contributed by atoms with Crippen LogP contribution >= 0.6 is 15.9 Å². The van der Waals surface area contributed by atoms with Crippen LogP contribution in [0.4, 0.5) is 0 Å². The molecule has 1 rings (SSSR count). The van der Waals surface area contributed by atoms with E-state index < -0.39 is 0 Å². The van der Waals surface area contributed by atoms with Crippen molar-refractivity contribution in [2.75, 3.05) is 13.7 Å². The molecular formula is C17H23BrO5. The maximum Gasteiger partial charge on any atom is 0.306 e. The van der Waals surface area contributed by atoms with Crippen LogP contribution in [0.3, 0.4) is 0 Å². The van der Waals surface area contributed by atoms with Gasteiger partial charge in [-0.15, -0.1) is 0 Å². The van der Waals surface area contributed by atoms with Crippen LogP contribution in [-0.2, 0) is 25.7 Å². The van der Waals surface area contributed by atoms with Crippen LogP contribution < -0.4 is 4.74 Å². The van der Waals surface area contributed by atoms with Gasteiger partial charge in [-0.1, -0.05) is 29.8 Å². The van der Waals surface area contributed by atoms with Crippen molar-refractivity contribution in [1.82, 2.24) is 0 Å². The van der Waals surface area contributed by atoms with Crippen molar-refractivity contribution in [2.45, 2.75) is 39.7 Å². The Bertz CT molecular complexity index is 528. The summed E-state index contributed by atoms with van der Waals surface area (Å²) in [5.41, 5.74) is 0.784. The molecular weight excluding hydrogens is 364 g/mol. The number of methoxy groups -OCH3 is 1. The summed E-state index contributed by atoms with van der Waals surface area (Å²) in [7, 11) is 1.57. The van der Waals surface area contributed by atoms with Gasteiger partial charge in [0.25, 0.3) is 0 Å². The van der Waals surface area contributed by atoms with E-state index in [4.69, 9.17) is 14.2 Å². The molecule has 0 heterocycles. The third kappa shape index (κ3) is 8.02. The minimum absolute atomic E-state index is 0.138. The van der Waals surface area contributed by atoms with E-state index in [2.05, 4.69) is 15.9 Å². The zero-order valence-corrected chi connectivity index (χ0v) is 15.4. The predicted molar refractivity (Wildman–Crippen MR) is 90.1 cm³/mol. The zero-order chi connectivity index (χ0) is 17.2. The lowest BCUT2D eigenvalue weighted by Gasteiger charge is -2.10. The Kier molecular flexibility index (Phi) is 8.69. The van der Waals surface area contributed by atoms with Crippen molar-refractivity contribution >= 4 is 27.9 Å². The maximum absolute atomic E-state index is 11.7. The first-order valence-corrected chi connectivity index (χ1v) is 8.35. The zero-order valence-electron chi connectivity index (χ0n) is 13.8. The van der Waals surface area contributed by atoms with Crippen molar-refractivity contribution in [3.8, 4) is 5.75 Å². The van der Waals surface area contributed by atoms with E-state index >= 15 is 0 Å². The lowest BCUT2D eigenvalue weighted by Crippen LogP contribution is -2.11. The topological polar surface area (TPSA) is 61.8 Å². The van der Waals surface area contributed by atoms with Gasteiger partial charge in [-0.05, 0) is 30.5 Å². The van der Waals surface area contributed by atoms with E-state index in [1.807, 2.05) is 26.0 Å². The molecule has 0 atom stereocenters. The van der Waals surface area contributed by atoms with Crippen LogP contribution in [0.1, 0.15) is 38.7 Å². The second-order valence-electron chi connectivity index (χ2n) is 5.55. The molecule has 1 aromatic rings. The first kappa shape index (κ1) is 19.5. The van der Waals surface area contributed by atoms with Gasteiger partial charge in [0, 0.05) is 22.9 Å². The van der Waals surface area contributed by atoms with Gasteiger partial charge >= 0.3 is 11.9 Å². The van der Waals surface area contributed by atoms with Crippen molar-refractivity contribution in [1.29, 1.82) is 0 Å². The van der Waals surface area contributed by atoms with E-state index in [-0.39, 0.29) is 31.4 Å². The molecule has 0 radical (unpaired) electrons. The summed E-state index contributed by atoms with van der Waals surface area (Å²) in [6.07, 6.45) is 0.834. The van der Waals surface area contributed by atoms with Crippen LogP contribution in [0.2, 0.25) is 0 Å². The third-order valence-electron chi connectivity index (χ3n) is 2.97. The Morgan fingerprint density at radius 3 is 2.39 bits per heavy atom. The van der Waals surface area contributed by atoms with Crippen molar-refractivity contribution in [3.63, 3.8) is 0 Å². The highest BCUT2D eigenvalue weighted by Gasteiger charge is 2.10. The summed E-state index contributed by atoms with van der Waals surface area (Å²) in [4.78, 5) is 23.2. The fourth-order valence-corrected chi connectivity index (χ4v) is 2.21. The summed E-state index contributed by atoms with van der Waals surface area (Å²) in [6, 6.07) is 5.50. The van der Waals surface area contributed by atoms with E-state index in [0.717, 1.165) is 10.0 Å². The number of esters is 2. The normalized spacial score (nSPS) is 10.5. The Morgan fingerprint density at radius 2 is 1.78 bits per heavy atom. The first-order valence-electron chi connectivity index (χ1n) is 7.56. The van der Waals surface area contributed by atoms with Crippen LogP contribution in [-0.4, -0.2) is 25.7 Å². The minimum Gasteiger partial charge on any atom is -0.496 e. The van der Waals surface area contributed by atoms with E-state index in [1.165, 1.54) is 0 Å². The molecule has 6 heteroatoms. The third-order valence-corrected chi connectivity index (χ3v) is 3.46. The van der Waals surface area contributed by atoms with Gasteiger partial charge in [0.2, 0.25) is 0 Å². The number of rotatable bonds is 9. The number of halogens is 1. The number of benzene rings is 1. The van der Waals surface area contributed by atoms with Crippen molar-refractivity contribution in [2.24, 2.45) is 5.92 Å². The summed E-state index contributed by atoms with van der Waals surface area (Å²) >= 11 is 3.37. The summed E-state index contributed by atoms with van der Waals surface area (Å²) < 4.78 is 16.4. The van der Waals surface area contributed by atoms with Gasteiger partial charge < -0.3 is 14.2 Å². The molecule has 0 spiro atoms. The standard InChI is InChI=1S/C17H23BrO5/c1-12(2)10-22-16(19)5-4-6-17(20)23-11-13-9-14(18)7-8-15(13)21-3/h7-9,12H,4-6,10-11H2,1-3H3. The first-order chi connectivity index (χ1) is 10.9. The molecule has 0 amide bonds. The SMILES string of the molecule is COc1ccc(Br)cc1COC(=O)CCCC(=O)OCC(C)C. The molecule has 5 nitrogen and oxygen atoms in total. The van der Waals surface area contributed by atoms with Crippen LogP contribution in [0.15, 0.2) is 22.7 Å². The number of hydrogen-bond acceptors (Lipinski definition) is 5. The fourth-order valence-electron chi connectivity index (χ4n) is 1.80. The van der Waals surface area contributed by atoms with Gasteiger partial charge in [0.1, 0.15) is 12.4 Å². The van der Waals surface area contributed by atoms with Gasteiger partial charge in [-0.2, -0.15) is 0 Å². The van der Waals surface area contributed by atoms with Crippen molar-refractivity contribution in [3.05, 3.63) is 28.2 Å². The molecule has 0 aromatic heterocycles. The van der Waals surface area contributed by atoms with E-state index in [9.17, 15) is 9.59 Å². The minimum atomic E-state index is -0.344. The highest BCUT2D eigenvalue weighted by atomic mass is 79.9. The Morgan fingerprint density at radius 1 is 1.13 bits per heavy atom. The Hall–Kier alpha value is -1.56. The second-order valence-corrected chi connectivity index (χ2v) is 6.46. The van der Waals surface area contributed by atoms with E-state index in [1.54, 1.807) is 13.2 Å². The second kappa shape index (κ2) is 10.3. The molecule has 0 aliphatic heterocycles. The van der Waals surface area contributed by atoms with Crippen LogP contribution in [0.5, 0.6) is 5.75 Å². The molecule has 23 heavy (non-hydrogen) atoms. The van der Waals surface area contributed by atoms with Crippen LogP contribution in [0.25, 0.3) is 0 Å². The number of carbonyl (C=O) groups excluding carboxylic acids is 2. The number of hydrogen-bond donors (Lipinski definition) is 0. The molecule has 0 bridgehead atoms. The molecule has 0 saturated heterocycles. The average molecular weight is 387 g/mol. The van der Waals surface area contributed by atoms with Gasteiger partial charge in [0.05, 0.1) is 13.7 Å². The molecule has 0 N–H and O–H groups in total. The predicted octanol–water partition coefficient (Wildman–Crippen LogP) is 3.87. The monoisotopic (exact) mass is 386 g/mol. The number of ether oxygens (including phenoxy) is 3. The Labute approximate surface area is 145 Å². The number of carbonyl (C=O) groups is 2. The molecule has 128 valence electrons. The Balaban J connectivity index is 2.30. The van der Waals surface area contributed by atoms with Gasteiger partial charge in [-0.3, -0.25) is 9.59 Å². The van der Waals surface area contributed by atoms with E-state index in [0.29, 0.717) is 24.7 Å². The molecule has 0 aliphatic carbocycles. The molecule has 0 unspecified atom stereocenters. The maximum atomic E-state index is 11.7. The summed E-state index contributed by atoms with van der Waals surface area (Å²) in [5, 5.41) is 0. The van der Waals surface area contributed by atoms with Gasteiger partial charge in [0.15, 0.2) is 0 Å². The molecule has 1 aromatic carbocycles. The summed E-state index contributed by atoms with van der Waals surface area (Å²) in [5.74, 6) is 0.353. The lowest BCUT2D eigenvalue weighted by molar-refractivity contribution is -0.146. The van der Waals surface area contributed by atoms with Crippen molar-refractivity contribution < 1.29 is 23.8 Å². The largest absolute Gasteiger partial charge is 0.496 e. The quantitative estimate of drug-likeness (QED) is 0.602. The van der Waals surface area contributed by atoms with Gasteiger partial charge in [-0.25, -0.2) is 0 Å². The lowest BCUT2D eigenvalue weighted by atomic mass is 10.2.